The van der Waals surface area contributed by atoms with Crippen LogP contribution in [0.4, 0.5) is 0 Å². The highest BCUT2D eigenvalue weighted by atomic mass is 32.1. The van der Waals surface area contributed by atoms with Crippen molar-refractivity contribution in [2.75, 3.05) is 0 Å². The molecule has 0 radical (unpaired) electrons. The van der Waals surface area contributed by atoms with Crippen LogP contribution in [0.1, 0.15) is 0 Å². The van der Waals surface area contributed by atoms with E-state index < -0.39 is 0 Å². The van der Waals surface area contributed by atoms with Crippen molar-refractivity contribution in [1.29, 1.82) is 0 Å². The maximum Gasteiger partial charge on any atom is 0.238 e. The Morgan fingerprint density at radius 1 is 0.281 bits per heavy atom. The van der Waals surface area contributed by atoms with Gasteiger partial charge in [0.15, 0.2) is 11.6 Å². The molecule has 0 aliphatic carbocycles. The number of hydrogen-bond acceptors (Lipinski definition) is 4. The van der Waals surface area contributed by atoms with E-state index in [1.807, 2.05) is 29.5 Å². The fourth-order valence-corrected chi connectivity index (χ4v) is 11.1. The number of aromatic nitrogens is 6. The van der Waals surface area contributed by atoms with Crippen LogP contribution >= 0.6 is 11.3 Å². The number of benzene rings is 9. The van der Waals surface area contributed by atoms with Gasteiger partial charge in [-0.3, -0.25) is 4.57 Å². The van der Waals surface area contributed by atoms with Crippen molar-refractivity contribution in [1.82, 2.24) is 28.7 Å². The molecule has 0 aliphatic heterocycles. The van der Waals surface area contributed by atoms with Crippen molar-refractivity contribution in [2.45, 2.75) is 0 Å². The highest BCUT2D eigenvalue weighted by Crippen LogP contribution is 2.42. The Hall–Kier alpha value is -8.39. The van der Waals surface area contributed by atoms with Gasteiger partial charge < -0.3 is 9.13 Å². The summed E-state index contributed by atoms with van der Waals surface area (Å²) in [5, 5.41) is 9.54. The fraction of sp³-hybridized carbons (Fsp3) is 0. The lowest BCUT2D eigenvalue weighted by molar-refractivity contribution is 0.954. The monoisotopic (exact) mass is 834 g/mol. The maximum atomic E-state index is 5.37. The maximum absolute atomic E-state index is 5.37. The van der Waals surface area contributed by atoms with E-state index in [1.165, 1.54) is 52.8 Å². The van der Waals surface area contributed by atoms with Crippen LogP contribution < -0.4 is 0 Å². The van der Waals surface area contributed by atoms with E-state index in [1.54, 1.807) is 0 Å². The topological polar surface area (TPSA) is 53.5 Å². The van der Waals surface area contributed by atoms with Crippen molar-refractivity contribution in [2.24, 2.45) is 0 Å². The molecule has 7 heteroatoms. The third-order valence-corrected chi connectivity index (χ3v) is 14.0. The van der Waals surface area contributed by atoms with E-state index in [4.69, 9.17) is 15.0 Å². The molecule has 5 aromatic heterocycles. The van der Waals surface area contributed by atoms with Gasteiger partial charge in [-0.15, -0.1) is 11.3 Å². The molecule has 0 atom stereocenters. The zero-order valence-corrected chi connectivity index (χ0v) is 35.0. The molecular formula is C57H34N6S. The standard InChI is InChI=1S/C57H34N6S/c1-3-15-35(16-4-1)55-58-56(36-27-30-54-46(31-36)42-22-10-14-26-53(42)64-54)60-57(59-55)63-49-25-13-9-21-41(49)45-33-44-40-20-8-12-24-48(40)62(51(44)34-52(45)63)38-28-29-50-43(32-38)39-19-7-11-23-47(39)61(50)37-17-5-2-6-18-37/h1-34H. The van der Waals surface area contributed by atoms with Crippen LogP contribution in [0.25, 0.3) is 126 Å². The highest BCUT2D eigenvalue weighted by Gasteiger charge is 2.22. The van der Waals surface area contributed by atoms with Crippen molar-refractivity contribution < 1.29 is 0 Å². The zero-order valence-electron chi connectivity index (χ0n) is 34.2. The lowest BCUT2D eigenvalue weighted by Gasteiger charge is -2.12. The average molecular weight is 835 g/mol. The van der Waals surface area contributed by atoms with Crippen LogP contribution in [0.15, 0.2) is 206 Å². The second-order valence-corrected chi connectivity index (χ2v) is 17.5. The summed E-state index contributed by atoms with van der Waals surface area (Å²) in [5.41, 5.74) is 10.8. The Kier molecular flexibility index (Phi) is 7.46. The van der Waals surface area contributed by atoms with Crippen LogP contribution in [0.5, 0.6) is 0 Å². The van der Waals surface area contributed by atoms with Crippen LogP contribution in [0.2, 0.25) is 0 Å². The SMILES string of the molecule is c1ccc(-c2nc(-c3ccc4sc5ccccc5c4c3)nc(-n3c4ccccc4c4cc5c6ccccc6n(-c6ccc7c(c6)c6ccccc6n7-c6ccccc6)c5cc43)n2)cc1. The van der Waals surface area contributed by atoms with E-state index in [9.17, 15) is 0 Å². The van der Waals surface area contributed by atoms with Crippen molar-refractivity contribution in [3.8, 4) is 40.1 Å². The summed E-state index contributed by atoms with van der Waals surface area (Å²) >= 11 is 1.81. The molecule has 14 rings (SSSR count). The lowest BCUT2D eigenvalue weighted by Crippen LogP contribution is -2.06. The van der Waals surface area contributed by atoms with E-state index in [0.717, 1.165) is 55.3 Å². The summed E-state index contributed by atoms with van der Waals surface area (Å²) in [4.78, 5) is 15.9. The first-order valence-corrected chi connectivity index (χ1v) is 22.3. The molecule has 0 bridgehead atoms. The zero-order chi connectivity index (χ0) is 41.9. The molecular weight excluding hydrogens is 801 g/mol. The third-order valence-electron chi connectivity index (χ3n) is 12.9. The summed E-state index contributed by atoms with van der Waals surface area (Å²) < 4.78 is 9.54. The normalized spacial score (nSPS) is 12.1. The summed E-state index contributed by atoms with van der Waals surface area (Å²) in [7, 11) is 0. The van der Waals surface area contributed by atoms with Gasteiger partial charge in [-0.2, -0.15) is 9.97 Å². The van der Waals surface area contributed by atoms with Gasteiger partial charge in [-0.05, 0) is 84.9 Å². The minimum atomic E-state index is 0.572. The first-order valence-electron chi connectivity index (χ1n) is 21.5. The van der Waals surface area contributed by atoms with Gasteiger partial charge in [0.05, 0.1) is 33.1 Å². The van der Waals surface area contributed by atoms with Gasteiger partial charge in [0, 0.05) is 75.0 Å². The summed E-state index contributed by atoms with van der Waals surface area (Å²) in [5.74, 6) is 1.83. The molecule has 0 saturated heterocycles. The van der Waals surface area contributed by atoms with E-state index >= 15 is 0 Å². The Balaban J connectivity index is 1.04. The molecule has 6 nitrogen and oxygen atoms in total. The molecule has 0 N–H and O–H groups in total. The molecule has 0 fully saturated rings. The van der Waals surface area contributed by atoms with Gasteiger partial charge in [-0.25, -0.2) is 4.98 Å². The fourth-order valence-electron chi connectivity index (χ4n) is 10.1. The van der Waals surface area contributed by atoms with Gasteiger partial charge >= 0.3 is 0 Å². The number of nitrogens with zero attached hydrogens (tertiary/aromatic N) is 6. The predicted molar refractivity (Wildman–Crippen MR) is 267 cm³/mol. The first-order chi connectivity index (χ1) is 31.7. The second kappa shape index (κ2) is 13.6. The molecule has 9 aromatic carbocycles. The predicted octanol–water partition coefficient (Wildman–Crippen LogP) is 14.9. The number of hydrogen-bond donors (Lipinski definition) is 0. The van der Waals surface area contributed by atoms with E-state index in [2.05, 4.69) is 202 Å². The summed E-state index contributed by atoms with van der Waals surface area (Å²) in [6.45, 7) is 0. The van der Waals surface area contributed by atoms with E-state index in [-0.39, 0.29) is 0 Å². The minimum Gasteiger partial charge on any atom is -0.309 e. The Morgan fingerprint density at radius 2 is 0.797 bits per heavy atom. The molecule has 5 heterocycles. The average Bonchev–Trinajstić information content (AvgIpc) is 4.09. The quantitative estimate of drug-likeness (QED) is 0.174. The van der Waals surface area contributed by atoms with Crippen LogP contribution in [0.3, 0.4) is 0 Å². The van der Waals surface area contributed by atoms with Gasteiger partial charge in [0.25, 0.3) is 0 Å². The minimum absolute atomic E-state index is 0.572. The Labute approximate surface area is 370 Å². The summed E-state index contributed by atoms with van der Waals surface area (Å²) in [6.07, 6.45) is 0. The molecule has 0 unspecified atom stereocenters. The molecule has 0 amide bonds. The third kappa shape index (κ3) is 5.16. The van der Waals surface area contributed by atoms with Crippen LogP contribution in [-0.2, 0) is 0 Å². The Morgan fingerprint density at radius 3 is 1.50 bits per heavy atom. The van der Waals surface area contributed by atoms with Gasteiger partial charge in [-0.1, -0.05) is 121 Å². The number of fused-ring (bicyclic) bond motifs is 12. The molecule has 298 valence electrons. The number of rotatable bonds is 5. The molecule has 0 saturated carbocycles. The van der Waals surface area contributed by atoms with E-state index in [0.29, 0.717) is 17.6 Å². The van der Waals surface area contributed by atoms with Crippen LogP contribution in [0, 0.1) is 0 Å². The molecule has 0 aliphatic rings. The van der Waals surface area contributed by atoms with Crippen molar-refractivity contribution >= 4 is 96.9 Å². The highest BCUT2D eigenvalue weighted by molar-refractivity contribution is 7.25. The van der Waals surface area contributed by atoms with Gasteiger partial charge in [0.2, 0.25) is 5.95 Å². The second-order valence-electron chi connectivity index (χ2n) is 16.4. The van der Waals surface area contributed by atoms with Crippen molar-refractivity contribution in [3.05, 3.63) is 206 Å². The number of para-hydroxylation sites is 4. The van der Waals surface area contributed by atoms with Gasteiger partial charge in [0.1, 0.15) is 0 Å². The summed E-state index contributed by atoms with van der Waals surface area (Å²) in [6, 6.07) is 73.8. The lowest BCUT2D eigenvalue weighted by atomic mass is 10.1. The first kappa shape index (κ1) is 35.2. The smallest absolute Gasteiger partial charge is 0.238 e. The molecule has 0 spiro atoms. The largest absolute Gasteiger partial charge is 0.309 e. The molecule has 64 heavy (non-hydrogen) atoms. The Bertz CT molecular complexity index is 4190. The van der Waals surface area contributed by atoms with Crippen molar-refractivity contribution in [3.63, 3.8) is 0 Å². The van der Waals surface area contributed by atoms with Crippen LogP contribution in [-0.4, -0.2) is 28.7 Å². The number of thiophene rings is 1. The molecule has 14 aromatic rings.